The van der Waals surface area contributed by atoms with Crippen molar-refractivity contribution in [3.8, 4) is 5.75 Å². The molecule has 2 aromatic rings. The second-order valence-electron chi connectivity index (χ2n) is 8.38. The fourth-order valence-electron chi connectivity index (χ4n) is 4.35. The van der Waals surface area contributed by atoms with E-state index in [-0.39, 0.29) is 17.8 Å². The molecule has 0 radical (unpaired) electrons. The zero-order valence-corrected chi connectivity index (χ0v) is 18.4. The minimum Gasteiger partial charge on any atom is -0.489 e. The van der Waals surface area contributed by atoms with E-state index in [0.29, 0.717) is 11.4 Å². The zero-order chi connectivity index (χ0) is 21.1. The highest BCUT2D eigenvalue weighted by Gasteiger charge is 2.29. The molecule has 2 aliphatic rings. The van der Waals surface area contributed by atoms with Gasteiger partial charge in [0.1, 0.15) is 29.0 Å². The van der Waals surface area contributed by atoms with Crippen LogP contribution in [0, 0.1) is 0 Å². The summed E-state index contributed by atoms with van der Waals surface area (Å²) in [6.45, 7) is 7.32. The van der Waals surface area contributed by atoms with Gasteiger partial charge in [0, 0.05) is 32.5 Å². The van der Waals surface area contributed by atoms with Gasteiger partial charge < -0.3 is 19.3 Å². The van der Waals surface area contributed by atoms with Gasteiger partial charge in [-0.25, -0.2) is 9.97 Å². The van der Waals surface area contributed by atoms with Crippen LogP contribution in [0.1, 0.15) is 51.0 Å². The Kier molecular flexibility index (Phi) is 6.42. The van der Waals surface area contributed by atoms with Crippen LogP contribution in [0.5, 0.6) is 5.75 Å². The first-order chi connectivity index (χ1) is 14.5. The Bertz CT molecular complexity index is 883. The fraction of sp³-hybridized carbons (Fsp3) is 0.522. The molecule has 0 aliphatic carbocycles. The molecule has 1 aromatic carbocycles. The molecule has 0 spiro atoms. The van der Waals surface area contributed by atoms with E-state index in [1.165, 1.54) is 12.8 Å². The van der Waals surface area contributed by atoms with Crippen LogP contribution in [-0.2, 0) is 4.79 Å². The van der Waals surface area contributed by atoms with E-state index in [4.69, 9.17) is 16.3 Å². The molecule has 2 aliphatic heterocycles. The molecule has 4 rings (SSSR count). The summed E-state index contributed by atoms with van der Waals surface area (Å²) >= 11 is 6.69. The topological polar surface area (TPSA) is 58.6 Å². The highest BCUT2D eigenvalue weighted by molar-refractivity contribution is 6.35. The SMILES string of the molecule is CC(=O)C[C@@H](C)c1ccc(O[C@@H]2CCN(c3ncnc(N4CCCC4)c3Cl)C2)cc1. The molecule has 0 bridgehead atoms. The maximum absolute atomic E-state index is 11.3. The van der Waals surface area contributed by atoms with E-state index >= 15 is 0 Å². The van der Waals surface area contributed by atoms with Crippen molar-refractivity contribution in [1.82, 2.24) is 9.97 Å². The summed E-state index contributed by atoms with van der Waals surface area (Å²) in [5, 5.41) is 0.642. The van der Waals surface area contributed by atoms with Crippen molar-refractivity contribution in [1.29, 1.82) is 0 Å². The highest BCUT2D eigenvalue weighted by Crippen LogP contribution is 2.35. The number of halogens is 1. The predicted molar refractivity (Wildman–Crippen MR) is 120 cm³/mol. The van der Waals surface area contributed by atoms with Gasteiger partial charge in [-0.3, -0.25) is 0 Å². The van der Waals surface area contributed by atoms with Gasteiger partial charge in [-0.2, -0.15) is 0 Å². The molecule has 2 fully saturated rings. The van der Waals surface area contributed by atoms with E-state index in [9.17, 15) is 4.79 Å². The third-order valence-electron chi connectivity index (χ3n) is 5.95. The number of hydrogen-bond acceptors (Lipinski definition) is 6. The summed E-state index contributed by atoms with van der Waals surface area (Å²) in [6.07, 6.45) is 5.55. The number of hydrogen-bond donors (Lipinski definition) is 0. The first-order valence-corrected chi connectivity index (χ1v) is 11.2. The molecule has 0 saturated carbocycles. The number of ketones is 1. The van der Waals surface area contributed by atoms with Crippen molar-refractivity contribution in [2.45, 2.75) is 51.6 Å². The van der Waals surface area contributed by atoms with Crippen molar-refractivity contribution in [3.63, 3.8) is 0 Å². The lowest BCUT2D eigenvalue weighted by Gasteiger charge is -2.23. The van der Waals surface area contributed by atoms with E-state index < -0.39 is 0 Å². The molecular weight excluding hydrogens is 400 g/mol. The zero-order valence-electron chi connectivity index (χ0n) is 17.7. The number of benzene rings is 1. The summed E-state index contributed by atoms with van der Waals surface area (Å²) in [4.78, 5) is 24.7. The minimum absolute atomic E-state index is 0.0896. The van der Waals surface area contributed by atoms with Gasteiger partial charge in [0.05, 0.1) is 6.54 Å². The number of aromatic nitrogens is 2. The highest BCUT2D eigenvalue weighted by atomic mass is 35.5. The van der Waals surface area contributed by atoms with Crippen molar-refractivity contribution in [3.05, 3.63) is 41.2 Å². The van der Waals surface area contributed by atoms with Gasteiger partial charge in [0.25, 0.3) is 0 Å². The monoisotopic (exact) mass is 428 g/mol. The van der Waals surface area contributed by atoms with E-state index in [0.717, 1.165) is 55.5 Å². The first-order valence-electron chi connectivity index (χ1n) is 10.8. The van der Waals surface area contributed by atoms with E-state index in [1.807, 2.05) is 12.1 Å². The van der Waals surface area contributed by atoms with Crippen LogP contribution in [0.3, 0.4) is 0 Å². The van der Waals surface area contributed by atoms with E-state index in [1.54, 1.807) is 13.3 Å². The largest absolute Gasteiger partial charge is 0.489 e. The molecule has 1 aromatic heterocycles. The second kappa shape index (κ2) is 9.21. The third-order valence-corrected chi connectivity index (χ3v) is 6.29. The summed E-state index contributed by atoms with van der Waals surface area (Å²) in [5.41, 5.74) is 1.16. The number of anilines is 2. The number of nitrogens with zero attached hydrogens (tertiary/aromatic N) is 4. The lowest BCUT2D eigenvalue weighted by atomic mass is 9.96. The number of rotatable bonds is 7. The van der Waals surface area contributed by atoms with E-state index in [2.05, 4.69) is 38.8 Å². The Morgan fingerprint density at radius 2 is 1.80 bits per heavy atom. The van der Waals surface area contributed by atoms with Gasteiger partial charge in [-0.1, -0.05) is 30.7 Å². The van der Waals surface area contributed by atoms with Gasteiger partial charge in [-0.15, -0.1) is 0 Å². The molecule has 30 heavy (non-hydrogen) atoms. The van der Waals surface area contributed by atoms with Crippen molar-refractivity contribution >= 4 is 29.0 Å². The minimum atomic E-state index is 0.0896. The van der Waals surface area contributed by atoms with Crippen LogP contribution in [0.4, 0.5) is 11.6 Å². The number of ether oxygens (including phenoxy) is 1. The van der Waals surface area contributed by atoms with Gasteiger partial charge in [0.2, 0.25) is 0 Å². The Hall–Kier alpha value is -2.34. The van der Waals surface area contributed by atoms with Crippen LogP contribution < -0.4 is 14.5 Å². The fourth-order valence-corrected chi connectivity index (χ4v) is 4.69. The van der Waals surface area contributed by atoms with Crippen molar-refractivity contribution in [2.75, 3.05) is 36.0 Å². The smallest absolute Gasteiger partial charge is 0.153 e. The number of Topliss-reactive ketones (excluding diaryl/α,β-unsaturated/α-hetero) is 1. The van der Waals surface area contributed by atoms with Crippen LogP contribution in [0.2, 0.25) is 5.02 Å². The molecule has 0 N–H and O–H groups in total. The molecule has 2 saturated heterocycles. The average Bonchev–Trinajstić information content (AvgIpc) is 3.40. The third kappa shape index (κ3) is 4.69. The lowest BCUT2D eigenvalue weighted by Crippen LogP contribution is -2.27. The summed E-state index contributed by atoms with van der Waals surface area (Å²) in [5.74, 6) is 2.94. The maximum atomic E-state index is 11.3. The second-order valence-corrected chi connectivity index (χ2v) is 8.76. The molecule has 7 heteroatoms. The van der Waals surface area contributed by atoms with Crippen LogP contribution in [0.25, 0.3) is 0 Å². The Morgan fingerprint density at radius 3 is 2.47 bits per heavy atom. The predicted octanol–water partition coefficient (Wildman–Crippen LogP) is 4.47. The maximum Gasteiger partial charge on any atom is 0.153 e. The molecular formula is C23H29ClN4O2. The first kappa shape index (κ1) is 20.9. The Labute approximate surface area is 183 Å². The molecule has 6 nitrogen and oxygen atoms in total. The van der Waals surface area contributed by atoms with Gasteiger partial charge in [-0.05, 0) is 43.4 Å². The lowest BCUT2D eigenvalue weighted by molar-refractivity contribution is -0.117. The van der Waals surface area contributed by atoms with Crippen LogP contribution in [0.15, 0.2) is 30.6 Å². The standard InChI is InChI=1S/C23H29ClN4O2/c1-16(13-17(2)29)18-5-7-19(8-6-18)30-20-9-12-28(14-20)23-21(24)22(25-15-26-23)27-10-3-4-11-27/h5-8,15-16,20H,3-4,9-14H2,1-2H3/t16-,20-/m1/s1. The Morgan fingerprint density at radius 1 is 1.13 bits per heavy atom. The van der Waals surface area contributed by atoms with Gasteiger partial charge in [0.15, 0.2) is 11.6 Å². The molecule has 2 atom stereocenters. The average molecular weight is 429 g/mol. The molecule has 0 unspecified atom stereocenters. The van der Waals surface area contributed by atoms with Crippen LogP contribution in [-0.4, -0.2) is 48.0 Å². The van der Waals surface area contributed by atoms with Crippen molar-refractivity contribution in [2.24, 2.45) is 0 Å². The summed E-state index contributed by atoms with van der Waals surface area (Å²) in [6, 6.07) is 8.11. The Balaban J connectivity index is 1.38. The molecule has 160 valence electrons. The quantitative estimate of drug-likeness (QED) is 0.648. The summed E-state index contributed by atoms with van der Waals surface area (Å²) in [7, 11) is 0. The normalized spacial score (nSPS) is 19.9. The van der Waals surface area contributed by atoms with Crippen LogP contribution >= 0.6 is 11.6 Å². The van der Waals surface area contributed by atoms with Crippen molar-refractivity contribution < 1.29 is 9.53 Å². The molecule has 3 heterocycles. The summed E-state index contributed by atoms with van der Waals surface area (Å²) < 4.78 is 6.21. The number of carbonyl (C=O) groups excluding carboxylic acids is 1. The molecule has 0 amide bonds. The van der Waals surface area contributed by atoms with Gasteiger partial charge >= 0.3 is 0 Å². The number of carbonyl (C=O) groups is 1.